The van der Waals surface area contributed by atoms with Gasteiger partial charge in [-0.1, -0.05) is 11.6 Å². The minimum Gasteiger partial charge on any atom is -0.382 e. The molecule has 0 radical (unpaired) electrons. The average Bonchev–Trinajstić information content (AvgIpc) is 2.99. The molecular weight excluding hydrogens is 376 g/mol. The number of anilines is 2. The first-order chi connectivity index (χ1) is 13.4. The molecule has 1 aliphatic heterocycles. The fraction of sp³-hybridized carbons (Fsp3) is 0.350. The molecule has 8 heteroatoms. The monoisotopic (exact) mass is 398 g/mol. The number of rotatable bonds is 3. The molecule has 1 fully saturated rings. The molecule has 3 heterocycles. The van der Waals surface area contributed by atoms with Crippen LogP contribution in [0.15, 0.2) is 30.3 Å². The quantitative estimate of drug-likeness (QED) is 0.733. The van der Waals surface area contributed by atoms with Crippen molar-refractivity contribution in [3.05, 3.63) is 46.6 Å². The molecule has 28 heavy (non-hydrogen) atoms. The van der Waals surface area contributed by atoms with E-state index in [0.717, 1.165) is 40.4 Å². The first-order valence-corrected chi connectivity index (χ1v) is 9.68. The Hall–Kier alpha value is -2.80. The highest BCUT2D eigenvalue weighted by Crippen LogP contribution is 2.24. The van der Waals surface area contributed by atoms with Crippen LogP contribution in [0.3, 0.4) is 0 Å². The first kappa shape index (κ1) is 18.6. The van der Waals surface area contributed by atoms with E-state index in [1.54, 1.807) is 4.68 Å². The molecule has 0 atom stereocenters. The molecule has 0 bridgehead atoms. The van der Waals surface area contributed by atoms with Gasteiger partial charge in [0.15, 0.2) is 11.5 Å². The molecule has 1 aromatic carbocycles. The number of nitrogens with zero attached hydrogens (tertiary/aromatic N) is 5. The number of nitrogens with two attached hydrogens (primary N) is 1. The SMILES string of the molecule is Cc1ccc2c(N)nn(CC(=O)N3CCN(c4ccc(Cl)c(C)c4)CC3)c2n1. The minimum atomic E-state index is 0.0274. The third-order valence-corrected chi connectivity index (χ3v) is 5.61. The third-order valence-electron chi connectivity index (χ3n) is 5.19. The molecule has 0 aliphatic carbocycles. The Balaban J connectivity index is 1.43. The summed E-state index contributed by atoms with van der Waals surface area (Å²) in [6, 6.07) is 9.83. The molecule has 146 valence electrons. The molecule has 1 aliphatic rings. The highest BCUT2D eigenvalue weighted by Gasteiger charge is 2.23. The van der Waals surface area contributed by atoms with Crippen LogP contribution in [0.5, 0.6) is 0 Å². The zero-order valence-corrected chi connectivity index (χ0v) is 16.8. The number of aryl methyl sites for hydroxylation is 2. The van der Waals surface area contributed by atoms with Gasteiger partial charge < -0.3 is 15.5 Å². The van der Waals surface area contributed by atoms with Crippen LogP contribution in [0.1, 0.15) is 11.3 Å². The molecule has 7 nitrogen and oxygen atoms in total. The van der Waals surface area contributed by atoms with Gasteiger partial charge in [-0.15, -0.1) is 0 Å². The lowest BCUT2D eigenvalue weighted by Crippen LogP contribution is -2.49. The van der Waals surface area contributed by atoms with Gasteiger partial charge in [0.05, 0.1) is 5.39 Å². The molecule has 3 aromatic rings. The second-order valence-corrected chi connectivity index (χ2v) is 7.58. The fourth-order valence-corrected chi connectivity index (χ4v) is 3.67. The van der Waals surface area contributed by atoms with Gasteiger partial charge in [0.25, 0.3) is 0 Å². The summed E-state index contributed by atoms with van der Waals surface area (Å²) in [5.41, 5.74) is 9.69. The van der Waals surface area contributed by atoms with Gasteiger partial charge in [0.2, 0.25) is 5.91 Å². The predicted molar refractivity (Wildman–Crippen MR) is 112 cm³/mol. The van der Waals surface area contributed by atoms with E-state index >= 15 is 0 Å². The number of halogens is 1. The van der Waals surface area contributed by atoms with Gasteiger partial charge >= 0.3 is 0 Å². The van der Waals surface area contributed by atoms with Crippen molar-refractivity contribution in [1.29, 1.82) is 0 Å². The smallest absolute Gasteiger partial charge is 0.244 e. The Morgan fingerprint density at radius 1 is 1.14 bits per heavy atom. The van der Waals surface area contributed by atoms with Gasteiger partial charge in [-0.3, -0.25) is 4.79 Å². The van der Waals surface area contributed by atoms with Crippen molar-refractivity contribution in [2.24, 2.45) is 0 Å². The number of piperazine rings is 1. The zero-order chi connectivity index (χ0) is 19.8. The molecule has 4 rings (SSSR count). The number of benzene rings is 1. The summed E-state index contributed by atoms with van der Waals surface area (Å²) in [5, 5.41) is 5.86. The van der Waals surface area contributed by atoms with E-state index in [1.165, 1.54) is 0 Å². The highest BCUT2D eigenvalue weighted by molar-refractivity contribution is 6.31. The van der Waals surface area contributed by atoms with Crippen LogP contribution < -0.4 is 10.6 Å². The van der Waals surface area contributed by atoms with Crippen molar-refractivity contribution >= 4 is 40.0 Å². The van der Waals surface area contributed by atoms with Gasteiger partial charge in [-0.05, 0) is 49.7 Å². The summed E-state index contributed by atoms with van der Waals surface area (Å²) >= 11 is 6.12. The number of amides is 1. The lowest BCUT2D eigenvalue weighted by molar-refractivity contribution is -0.132. The first-order valence-electron chi connectivity index (χ1n) is 9.31. The summed E-state index contributed by atoms with van der Waals surface area (Å²) in [6.45, 7) is 6.96. The maximum Gasteiger partial charge on any atom is 0.244 e. The predicted octanol–water partition coefficient (Wildman–Crippen LogP) is 2.63. The van der Waals surface area contributed by atoms with Crippen LogP contribution >= 0.6 is 11.6 Å². The Labute approximate surface area is 168 Å². The fourth-order valence-electron chi connectivity index (χ4n) is 3.55. The maximum absolute atomic E-state index is 12.8. The molecule has 0 saturated carbocycles. The van der Waals surface area contributed by atoms with Crippen LogP contribution in [-0.4, -0.2) is 51.8 Å². The summed E-state index contributed by atoms with van der Waals surface area (Å²) < 4.78 is 1.61. The van der Waals surface area contributed by atoms with E-state index in [2.05, 4.69) is 21.0 Å². The molecule has 0 spiro atoms. The summed E-state index contributed by atoms with van der Waals surface area (Å²) in [5.74, 6) is 0.429. The zero-order valence-electron chi connectivity index (χ0n) is 16.0. The van der Waals surface area contributed by atoms with E-state index in [-0.39, 0.29) is 12.5 Å². The lowest BCUT2D eigenvalue weighted by Gasteiger charge is -2.36. The average molecular weight is 399 g/mol. The minimum absolute atomic E-state index is 0.0274. The summed E-state index contributed by atoms with van der Waals surface area (Å²) in [7, 11) is 0. The number of nitrogen functional groups attached to an aromatic ring is 1. The van der Waals surface area contributed by atoms with Gasteiger partial charge in [-0.25, -0.2) is 9.67 Å². The summed E-state index contributed by atoms with van der Waals surface area (Å²) in [6.07, 6.45) is 0. The molecule has 0 unspecified atom stereocenters. The van der Waals surface area contributed by atoms with Crippen molar-refractivity contribution < 1.29 is 4.79 Å². The van der Waals surface area contributed by atoms with Crippen LogP contribution in [-0.2, 0) is 11.3 Å². The van der Waals surface area contributed by atoms with E-state index in [1.807, 2.05) is 43.0 Å². The number of aromatic nitrogens is 3. The lowest BCUT2D eigenvalue weighted by atomic mass is 10.2. The van der Waals surface area contributed by atoms with Crippen LogP contribution in [0.4, 0.5) is 11.5 Å². The van der Waals surface area contributed by atoms with Gasteiger partial charge in [0, 0.05) is 42.6 Å². The number of carbonyl (C=O) groups excluding carboxylic acids is 1. The molecule has 2 aromatic heterocycles. The second kappa shape index (κ2) is 7.31. The number of hydrogen-bond acceptors (Lipinski definition) is 5. The molecule has 2 N–H and O–H groups in total. The largest absolute Gasteiger partial charge is 0.382 e. The van der Waals surface area contributed by atoms with E-state index in [0.29, 0.717) is 24.6 Å². The van der Waals surface area contributed by atoms with Crippen molar-refractivity contribution in [1.82, 2.24) is 19.7 Å². The number of hydrogen-bond donors (Lipinski definition) is 1. The number of carbonyl (C=O) groups is 1. The van der Waals surface area contributed by atoms with E-state index in [4.69, 9.17) is 17.3 Å². The van der Waals surface area contributed by atoms with Crippen LogP contribution in [0.25, 0.3) is 11.0 Å². The molecule has 1 amide bonds. The third kappa shape index (κ3) is 3.49. The Morgan fingerprint density at radius 2 is 1.89 bits per heavy atom. The Bertz CT molecular complexity index is 1040. The van der Waals surface area contributed by atoms with E-state index in [9.17, 15) is 4.79 Å². The standard InChI is InChI=1S/C20H23ClN6O/c1-13-11-15(4-6-17(13)21)25-7-9-26(10-8-25)18(28)12-27-20-16(19(22)24-27)5-3-14(2)23-20/h3-6,11H,7-10,12H2,1-2H3,(H2,22,24). The van der Waals surface area contributed by atoms with Crippen molar-refractivity contribution in [3.63, 3.8) is 0 Å². The normalized spacial score (nSPS) is 14.7. The Morgan fingerprint density at radius 3 is 2.61 bits per heavy atom. The van der Waals surface area contributed by atoms with Crippen molar-refractivity contribution in [3.8, 4) is 0 Å². The highest BCUT2D eigenvalue weighted by atomic mass is 35.5. The molecular formula is C20H23ClN6O. The summed E-state index contributed by atoms with van der Waals surface area (Å²) in [4.78, 5) is 21.5. The maximum atomic E-state index is 12.8. The Kier molecular flexibility index (Phi) is 4.85. The van der Waals surface area contributed by atoms with Crippen molar-refractivity contribution in [2.75, 3.05) is 36.8 Å². The second-order valence-electron chi connectivity index (χ2n) is 7.17. The molecule has 1 saturated heterocycles. The van der Waals surface area contributed by atoms with Gasteiger partial charge in [0.1, 0.15) is 6.54 Å². The number of fused-ring (bicyclic) bond motifs is 1. The number of pyridine rings is 1. The van der Waals surface area contributed by atoms with Gasteiger partial charge in [-0.2, -0.15) is 5.10 Å². The van der Waals surface area contributed by atoms with Crippen LogP contribution in [0, 0.1) is 13.8 Å². The topological polar surface area (TPSA) is 80.3 Å². The van der Waals surface area contributed by atoms with E-state index < -0.39 is 0 Å². The van der Waals surface area contributed by atoms with Crippen LogP contribution in [0.2, 0.25) is 5.02 Å². The van der Waals surface area contributed by atoms with Crippen molar-refractivity contribution in [2.45, 2.75) is 20.4 Å².